The average Bonchev–Trinajstić information content (AvgIpc) is 2.65. The molecule has 1 amide bonds. The lowest BCUT2D eigenvalue weighted by Crippen LogP contribution is -2.27. The number of azide groups is 1. The molecule has 0 aliphatic heterocycles. The van der Waals surface area contributed by atoms with Gasteiger partial charge in [0.05, 0.1) is 0 Å². The van der Waals surface area contributed by atoms with Gasteiger partial charge in [-0.15, -0.1) is 0 Å². The minimum Gasteiger partial charge on any atom is -0.319 e. The van der Waals surface area contributed by atoms with Crippen LogP contribution in [0.25, 0.3) is 10.4 Å². The molecule has 0 bridgehead atoms. The third-order valence-corrected chi connectivity index (χ3v) is 2.09. The van der Waals surface area contributed by atoms with Gasteiger partial charge in [-0.2, -0.15) is 0 Å². The zero-order valence-electron chi connectivity index (χ0n) is 7.60. The van der Waals surface area contributed by atoms with Crippen LogP contribution in [0.4, 0.5) is 0 Å². The van der Waals surface area contributed by atoms with Crippen LogP contribution in [0.3, 0.4) is 0 Å². The van der Waals surface area contributed by atoms with Crippen molar-refractivity contribution in [3.8, 4) is 0 Å². The molecule has 0 aromatic heterocycles. The Kier molecular flexibility index (Phi) is 3.34. The monoisotopic (exact) mass is 180 g/mol. The number of allylic oxidation sites excluding steroid dienone is 2. The van der Waals surface area contributed by atoms with Crippen LogP contribution in [0, 0.1) is 0 Å². The summed E-state index contributed by atoms with van der Waals surface area (Å²) >= 11 is 0. The van der Waals surface area contributed by atoms with Gasteiger partial charge < -0.3 is 4.90 Å². The zero-order valence-corrected chi connectivity index (χ0v) is 7.60. The summed E-state index contributed by atoms with van der Waals surface area (Å²) in [6, 6.07) is 0. The molecule has 0 radical (unpaired) electrons. The first kappa shape index (κ1) is 9.61. The lowest BCUT2D eigenvalue weighted by Gasteiger charge is -2.16. The second-order valence-corrected chi connectivity index (χ2v) is 2.93. The maximum Gasteiger partial charge on any atom is 0.232 e. The van der Waals surface area contributed by atoms with E-state index < -0.39 is 0 Å². The van der Waals surface area contributed by atoms with Crippen LogP contribution < -0.4 is 0 Å². The van der Waals surface area contributed by atoms with Crippen LogP contribution >= 0.6 is 0 Å². The highest BCUT2D eigenvalue weighted by Gasteiger charge is 2.14. The SMILES string of the molecule is CN(C(=O)CN=[N+]=[N-])C1=CCCC1. The van der Waals surface area contributed by atoms with Gasteiger partial charge in [-0.1, -0.05) is 11.2 Å². The molecule has 0 aromatic rings. The number of amides is 1. The van der Waals surface area contributed by atoms with E-state index in [0.717, 1.165) is 25.0 Å². The molecule has 70 valence electrons. The predicted molar refractivity (Wildman–Crippen MR) is 48.7 cm³/mol. The fraction of sp³-hybridized carbons (Fsp3) is 0.625. The van der Waals surface area contributed by atoms with Crippen molar-refractivity contribution < 1.29 is 4.79 Å². The Bertz CT molecular complexity index is 278. The highest BCUT2D eigenvalue weighted by molar-refractivity contribution is 5.79. The quantitative estimate of drug-likeness (QED) is 0.371. The Morgan fingerprint density at radius 2 is 2.62 bits per heavy atom. The summed E-state index contributed by atoms with van der Waals surface area (Å²) in [6.07, 6.45) is 5.13. The Labute approximate surface area is 76.7 Å². The fourth-order valence-corrected chi connectivity index (χ4v) is 1.32. The number of carbonyl (C=O) groups is 1. The smallest absolute Gasteiger partial charge is 0.232 e. The molecule has 0 atom stereocenters. The first-order chi connectivity index (χ1) is 6.25. The van der Waals surface area contributed by atoms with Gasteiger partial charge in [0.15, 0.2) is 0 Å². The van der Waals surface area contributed by atoms with Gasteiger partial charge in [-0.25, -0.2) is 0 Å². The molecule has 0 heterocycles. The highest BCUT2D eigenvalue weighted by atomic mass is 16.2. The minimum atomic E-state index is -0.147. The van der Waals surface area contributed by atoms with Crippen molar-refractivity contribution in [3.63, 3.8) is 0 Å². The summed E-state index contributed by atoms with van der Waals surface area (Å²) in [5, 5.41) is 3.23. The minimum absolute atomic E-state index is 0.0929. The van der Waals surface area contributed by atoms with E-state index in [-0.39, 0.29) is 12.5 Å². The summed E-state index contributed by atoms with van der Waals surface area (Å²) in [5.41, 5.74) is 9.08. The highest BCUT2D eigenvalue weighted by Crippen LogP contribution is 2.19. The molecule has 1 rings (SSSR count). The third kappa shape index (κ3) is 2.49. The van der Waals surface area contributed by atoms with E-state index in [1.54, 1.807) is 11.9 Å². The zero-order chi connectivity index (χ0) is 9.68. The molecule has 0 saturated carbocycles. The van der Waals surface area contributed by atoms with Gasteiger partial charge in [0.2, 0.25) is 5.91 Å². The lowest BCUT2D eigenvalue weighted by atomic mass is 10.3. The Balaban J connectivity index is 2.50. The summed E-state index contributed by atoms with van der Waals surface area (Å²) in [4.78, 5) is 15.4. The van der Waals surface area contributed by atoms with Gasteiger partial charge in [-0.3, -0.25) is 4.79 Å². The third-order valence-electron chi connectivity index (χ3n) is 2.09. The number of hydrogen-bond acceptors (Lipinski definition) is 2. The molecule has 5 nitrogen and oxygen atoms in total. The summed E-state index contributed by atoms with van der Waals surface area (Å²) < 4.78 is 0. The summed E-state index contributed by atoms with van der Waals surface area (Å²) in [7, 11) is 1.71. The average molecular weight is 180 g/mol. The molecule has 0 spiro atoms. The van der Waals surface area contributed by atoms with Gasteiger partial charge in [0.25, 0.3) is 0 Å². The van der Waals surface area contributed by atoms with Crippen LogP contribution in [0.2, 0.25) is 0 Å². The topological polar surface area (TPSA) is 69.1 Å². The van der Waals surface area contributed by atoms with Gasteiger partial charge in [0, 0.05) is 17.7 Å². The molecule has 1 aliphatic rings. The van der Waals surface area contributed by atoms with E-state index in [0.29, 0.717) is 0 Å². The normalized spacial score (nSPS) is 14.7. The van der Waals surface area contributed by atoms with Crippen molar-refractivity contribution in [1.29, 1.82) is 0 Å². The molecule has 1 aliphatic carbocycles. The predicted octanol–water partition coefficient (Wildman–Crippen LogP) is 1.82. The van der Waals surface area contributed by atoms with Crippen molar-refractivity contribution in [1.82, 2.24) is 4.90 Å². The maximum absolute atomic E-state index is 11.3. The van der Waals surface area contributed by atoms with Gasteiger partial charge >= 0.3 is 0 Å². The van der Waals surface area contributed by atoms with Crippen molar-refractivity contribution in [3.05, 3.63) is 22.2 Å². The molecule has 0 unspecified atom stereocenters. The van der Waals surface area contributed by atoms with Crippen molar-refractivity contribution in [2.45, 2.75) is 19.3 Å². The number of rotatable bonds is 3. The number of likely N-dealkylation sites (N-methyl/N-ethyl adjacent to an activating group) is 1. The molecular weight excluding hydrogens is 168 g/mol. The molecule has 0 saturated heterocycles. The van der Waals surface area contributed by atoms with Crippen molar-refractivity contribution in [2.24, 2.45) is 5.11 Å². The Morgan fingerprint density at radius 1 is 1.85 bits per heavy atom. The van der Waals surface area contributed by atoms with E-state index >= 15 is 0 Å². The number of nitrogens with zero attached hydrogens (tertiary/aromatic N) is 4. The summed E-state index contributed by atoms with van der Waals surface area (Å²) in [5.74, 6) is -0.147. The van der Waals surface area contributed by atoms with Crippen LogP contribution in [-0.4, -0.2) is 24.4 Å². The Hall–Kier alpha value is -1.48. The molecule has 0 N–H and O–H groups in total. The fourth-order valence-electron chi connectivity index (χ4n) is 1.32. The van der Waals surface area contributed by atoms with Crippen LogP contribution in [0.1, 0.15) is 19.3 Å². The standard InChI is InChI=1S/C8H12N4O/c1-12(7-4-2-3-5-7)8(13)6-10-11-9/h4H,2-3,5-6H2,1H3. The van der Waals surface area contributed by atoms with Crippen LogP contribution in [0.15, 0.2) is 16.9 Å². The van der Waals surface area contributed by atoms with E-state index in [1.807, 2.05) is 6.08 Å². The number of hydrogen-bond donors (Lipinski definition) is 0. The van der Waals surface area contributed by atoms with Crippen LogP contribution in [0.5, 0.6) is 0 Å². The molecular formula is C8H12N4O. The van der Waals surface area contributed by atoms with Crippen molar-refractivity contribution >= 4 is 5.91 Å². The number of carbonyl (C=O) groups excluding carboxylic acids is 1. The molecule has 5 heteroatoms. The van der Waals surface area contributed by atoms with Gasteiger partial charge in [0.1, 0.15) is 6.54 Å². The molecule has 13 heavy (non-hydrogen) atoms. The summed E-state index contributed by atoms with van der Waals surface area (Å²) in [6.45, 7) is -0.0929. The first-order valence-electron chi connectivity index (χ1n) is 4.22. The Morgan fingerprint density at radius 3 is 3.15 bits per heavy atom. The largest absolute Gasteiger partial charge is 0.319 e. The second kappa shape index (κ2) is 4.52. The van der Waals surface area contributed by atoms with E-state index in [9.17, 15) is 4.79 Å². The van der Waals surface area contributed by atoms with Crippen LogP contribution in [-0.2, 0) is 4.79 Å². The molecule has 0 fully saturated rings. The van der Waals surface area contributed by atoms with Gasteiger partial charge in [-0.05, 0) is 24.8 Å². The van der Waals surface area contributed by atoms with E-state index in [2.05, 4.69) is 10.0 Å². The van der Waals surface area contributed by atoms with Crippen molar-refractivity contribution in [2.75, 3.05) is 13.6 Å². The first-order valence-corrected chi connectivity index (χ1v) is 4.22. The van der Waals surface area contributed by atoms with E-state index in [1.165, 1.54) is 0 Å². The second-order valence-electron chi connectivity index (χ2n) is 2.93. The molecule has 0 aromatic carbocycles. The van der Waals surface area contributed by atoms with E-state index in [4.69, 9.17) is 5.53 Å². The lowest BCUT2D eigenvalue weighted by molar-refractivity contribution is -0.126. The maximum atomic E-state index is 11.3.